The van der Waals surface area contributed by atoms with Crippen molar-refractivity contribution in [1.82, 2.24) is 9.97 Å². The normalized spacial score (nSPS) is 13.1. The van der Waals surface area contributed by atoms with Crippen molar-refractivity contribution >= 4 is 33.0 Å². The number of aryl methyl sites for hydroxylation is 2. The van der Waals surface area contributed by atoms with E-state index in [1.807, 2.05) is 6.07 Å². The molecule has 0 atom stereocenters. The van der Waals surface area contributed by atoms with Gasteiger partial charge in [-0.25, -0.2) is 9.97 Å². The highest BCUT2D eigenvalue weighted by Gasteiger charge is 2.72. The number of hydrogen-bond acceptors (Lipinski definition) is 4. The van der Waals surface area contributed by atoms with Crippen LogP contribution in [0.15, 0.2) is 81.6 Å². The van der Waals surface area contributed by atoms with E-state index in [0.717, 1.165) is 47.2 Å². The maximum atomic E-state index is 14.4. The molecule has 4 nitrogen and oxygen atoms in total. The van der Waals surface area contributed by atoms with E-state index >= 15 is 0 Å². The highest BCUT2D eigenvalue weighted by molar-refractivity contribution is 6.00. The van der Waals surface area contributed by atoms with Crippen LogP contribution < -0.4 is 0 Å². The van der Waals surface area contributed by atoms with Gasteiger partial charge >= 0.3 is 12.4 Å². The molecule has 0 saturated carbocycles. The Kier molecular flexibility index (Phi) is 5.33. The van der Waals surface area contributed by atoms with Crippen molar-refractivity contribution in [3.8, 4) is 11.5 Å². The smallest absolute Gasteiger partial charge is 0.411 e. The first kappa shape index (κ1) is 25.0. The first-order valence-electron chi connectivity index (χ1n) is 11.8. The van der Waals surface area contributed by atoms with Crippen LogP contribution in [0.1, 0.15) is 22.6 Å². The van der Waals surface area contributed by atoms with Gasteiger partial charge in [-0.1, -0.05) is 42.0 Å². The van der Waals surface area contributed by atoms with Gasteiger partial charge in [0, 0.05) is 12.5 Å². The van der Waals surface area contributed by atoms with Crippen molar-refractivity contribution in [3.05, 3.63) is 95.4 Å². The molecule has 0 aliphatic rings. The Bertz CT molecular complexity index is 1760. The van der Waals surface area contributed by atoms with Gasteiger partial charge in [-0.2, -0.15) is 26.3 Å². The lowest BCUT2D eigenvalue weighted by atomic mass is 9.72. The molecule has 0 radical (unpaired) electrons. The minimum atomic E-state index is -5.66. The molecule has 0 N–H and O–H groups in total. The molecule has 39 heavy (non-hydrogen) atoms. The summed E-state index contributed by atoms with van der Waals surface area (Å²) in [5, 5.41) is 1.61. The minimum Gasteiger partial charge on any atom is -0.441 e. The fourth-order valence-corrected chi connectivity index (χ4v) is 4.98. The first-order chi connectivity index (χ1) is 18.4. The maximum absolute atomic E-state index is 14.4. The Labute approximate surface area is 216 Å². The molecule has 0 aliphatic carbocycles. The zero-order chi connectivity index (χ0) is 27.7. The first-order valence-corrected chi connectivity index (χ1v) is 11.8. The zero-order valence-electron chi connectivity index (χ0n) is 20.4. The summed E-state index contributed by atoms with van der Waals surface area (Å²) in [7, 11) is 0. The summed E-state index contributed by atoms with van der Waals surface area (Å²) < 4.78 is 97.7. The van der Waals surface area contributed by atoms with Crippen molar-refractivity contribution in [2.24, 2.45) is 0 Å². The second-order valence-corrected chi connectivity index (χ2v) is 9.43. The van der Waals surface area contributed by atoms with Crippen LogP contribution in [0.25, 0.3) is 44.4 Å². The predicted molar refractivity (Wildman–Crippen MR) is 133 cm³/mol. The van der Waals surface area contributed by atoms with Crippen molar-refractivity contribution in [1.29, 1.82) is 0 Å². The number of halogens is 6. The molecule has 10 heteroatoms. The van der Waals surface area contributed by atoms with Gasteiger partial charge in [-0.05, 0) is 65.2 Å². The van der Waals surface area contributed by atoms with Crippen LogP contribution in [0.4, 0.5) is 26.3 Å². The minimum absolute atomic E-state index is 0.0597. The Balaban J connectivity index is 1.45. The van der Waals surface area contributed by atoms with Crippen molar-refractivity contribution < 1.29 is 35.2 Å². The number of rotatable bonds is 3. The van der Waals surface area contributed by atoms with E-state index in [0.29, 0.717) is 33.7 Å². The van der Waals surface area contributed by atoms with Gasteiger partial charge in [0.25, 0.3) is 0 Å². The van der Waals surface area contributed by atoms with Gasteiger partial charge in [0.05, 0.1) is 0 Å². The maximum Gasteiger partial charge on any atom is 0.411 e. The molecule has 2 heterocycles. The number of benzene rings is 4. The molecule has 198 valence electrons. The van der Waals surface area contributed by atoms with Crippen LogP contribution in [0.5, 0.6) is 0 Å². The Morgan fingerprint density at radius 2 is 1.08 bits per heavy atom. The van der Waals surface area contributed by atoms with E-state index < -0.39 is 28.9 Å². The SMILES string of the molecule is Cc1ccc(C(c2ccc(-c3nc4cc5cc6nc(C)oc6cc5cc4o3)cc2)(C(F)(F)F)C(F)(F)F)cc1. The lowest BCUT2D eigenvalue weighted by Gasteiger charge is -2.38. The lowest BCUT2D eigenvalue weighted by molar-refractivity contribution is -0.288. The number of aromatic nitrogens is 2. The summed E-state index contributed by atoms with van der Waals surface area (Å²) in [6.07, 6.45) is -11.3. The molecule has 2 aromatic heterocycles. The largest absolute Gasteiger partial charge is 0.441 e. The van der Waals surface area contributed by atoms with Gasteiger partial charge in [0.15, 0.2) is 17.1 Å². The molecule has 0 amide bonds. The second kappa shape index (κ2) is 8.33. The van der Waals surface area contributed by atoms with E-state index in [1.165, 1.54) is 12.1 Å². The molecule has 0 saturated heterocycles. The molecule has 4 aromatic carbocycles. The van der Waals surface area contributed by atoms with Gasteiger partial charge in [-0.3, -0.25) is 0 Å². The summed E-state index contributed by atoms with van der Waals surface area (Å²) in [6, 6.07) is 15.3. The third-order valence-electron chi connectivity index (χ3n) is 6.86. The molecule has 0 unspecified atom stereocenters. The van der Waals surface area contributed by atoms with Gasteiger partial charge < -0.3 is 8.83 Å². The molecule has 0 bridgehead atoms. The Hall–Kier alpha value is -4.34. The summed E-state index contributed by atoms with van der Waals surface area (Å²) in [5.74, 6) is 0.583. The van der Waals surface area contributed by atoms with Crippen LogP contribution in [0.3, 0.4) is 0 Å². The molecule has 0 aliphatic heterocycles. The quantitative estimate of drug-likeness (QED) is 0.211. The van der Waals surface area contributed by atoms with E-state index in [2.05, 4.69) is 9.97 Å². The number of fused-ring (bicyclic) bond motifs is 3. The van der Waals surface area contributed by atoms with E-state index in [9.17, 15) is 26.3 Å². The highest BCUT2D eigenvalue weighted by Crippen LogP contribution is 2.56. The van der Waals surface area contributed by atoms with Crippen LogP contribution in [0, 0.1) is 13.8 Å². The van der Waals surface area contributed by atoms with E-state index in [-0.39, 0.29) is 11.5 Å². The Morgan fingerprint density at radius 3 is 1.64 bits per heavy atom. The topological polar surface area (TPSA) is 52.1 Å². The second-order valence-electron chi connectivity index (χ2n) is 9.43. The summed E-state index contributed by atoms with van der Waals surface area (Å²) in [6.45, 7) is 3.32. The van der Waals surface area contributed by atoms with Crippen LogP contribution >= 0.6 is 0 Å². The number of alkyl halides is 6. The van der Waals surface area contributed by atoms with Crippen LogP contribution in [-0.4, -0.2) is 22.3 Å². The van der Waals surface area contributed by atoms with Crippen LogP contribution in [-0.2, 0) is 5.41 Å². The van der Waals surface area contributed by atoms with Gasteiger partial charge in [-0.15, -0.1) is 0 Å². The zero-order valence-corrected chi connectivity index (χ0v) is 20.4. The standard InChI is InChI=1S/C29H18F6N2O2/c1-15-3-7-20(8-4-15)27(28(30,31)32,29(33,34)35)21-9-5-17(6-10-21)26-37-23-12-18-11-22-24(38-16(2)36-22)13-19(18)14-25(23)39-26/h3-14H,1-2H3. The van der Waals surface area contributed by atoms with Gasteiger partial charge in [0.1, 0.15) is 11.0 Å². The number of nitrogens with zero attached hydrogens (tertiary/aromatic N) is 2. The summed E-state index contributed by atoms with van der Waals surface area (Å²) >= 11 is 0. The third kappa shape index (κ3) is 3.85. The molecule has 0 fully saturated rings. The fraction of sp³-hybridized carbons (Fsp3) is 0.172. The molecule has 0 spiro atoms. The fourth-order valence-electron chi connectivity index (χ4n) is 4.98. The average molecular weight is 540 g/mol. The highest BCUT2D eigenvalue weighted by atomic mass is 19.4. The summed E-state index contributed by atoms with van der Waals surface area (Å²) in [5.41, 5.74) is -3.17. The summed E-state index contributed by atoms with van der Waals surface area (Å²) in [4.78, 5) is 8.73. The van der Waals surface area contributed by atoms with Crippen LogP contribution in [0.2, 0.25) is 0 Å². The van der Waals surface area contributed by atoms with E-state index in [1.54, 1.807) is 32.0 Å². The molecular weight excluding hydrogens is 522 g/mol. The monoisotopic (exact) mass is 540 g/mol. The average Bonchev–Trinajstić information content (AvgIpc) is 3.42. The predicted octanol–water partition coefficient (Wildman–Crippen LogP) is 8.82. The Morgan fingerprint density at radius 1 is 0.590 bits per heavy atom. The lowest BCUT2D eigenvalue weighted by Crippen LogP contribution is -2.54. The van der Waals surface area contributed by atoms with E-state index in [4.69, 9.17) is 8.83 Å². The molecular formula is C29H18F6N2O2. The van der Waals surface area contributed by atoms with Crippen molar-refractivity contribution in [2.45, 2.75) is 31.6 Å². The molecule has 6 rings (SSSR count). The number of oxazole rings is 2. The third-order valence-corrected chi connectivity index (χ3v) is 6.86. The molecule has 6 aromatic rings. The number of hydrogen-bond donors (Lipinski definition) is 0. The van der Waals surface area contributed by atoms with Gasteiger partial charge in [0.2, 0.25) is 11.3 Å². The van der Waals surface area contributed by atoms with Crippen molar-refractivity contribution in [3.63, 3.8) is 0 Å². The van der Waals surface area contributed by atoms with Crippen molar-refractivity contribution in [2.75, 3.05) is 0 Å².